The minimum Gasteiger partial charge on any atom is -0.399 e. The Morgan fingerprint density at radius 3 is 1.76 bits per heavy atom. The van der Waals surface area contributed by atoms with Crippen molar-refractivity contribution in [3.63, 3.8) is 0 Å². The van der Waals surface area contributed by atoms with Gasteiger partial charge >= 0.3 is 7.12 Å². The third kappa shape index (κ3) is 3.80. The summed E-state index contributed by atoms with van der Waals surface area (Å²) in [6.07, 6.45) is 0. The second-order valence-corrected chi connectivity index (χ2v) is 9.00. The first-order valence-corrected chi connectivity index (χ1v) is 10.5. The molecular formula is C25H23BN4O3. The molecule has 33 heavy (non-hydrogen) atoms. The van der Waals surface area contributed by atoms with Gasteiger partial charge in [0.05, 0.1) is 11.2 Å². The monoisotopic (exact) mass is 438 g/mol. The van der Waals surface area contributed by atoms with Gasteiger partial charge in [-0.2, -0.15) is 10.5 Å². The van der Waals surface area contributed by atoms with E-state index in [1.54, 1.807) is 12.1 Å². The van der Waals surface area contributed by atoms with Crippen LogP contribution < -0.4 is 16.8 Å². The first-order chi connectivity index (χ1) is 15.6. The Balaban J connectivity index is 1.64. The van der Waals surface area contributed by atoms with Crippen molar-refractivity contribution >= 4 is 18.4 Å². The van der Waals surface area contributed by atoms with Crippen LogP contribution in [0.25, 0.3) is 22.3 Å². The highest BCUT2D eigenvalue weighted by atomic mass is 16.7. The molecule has 1 saturated heterocycles. The molecular weight excluding hydrogens is 415 g/mol. The topological polar surface area (TPSA) is 125 Å². The van der Waals surface area contributed by atoms with Gasteiger partial charge in [0.25, 0.3) is 5.56 Å². The number of benzene rings is 2. The summed E-state index contributed by atoms with van der Waals surface area (Å²) in [5, 5.41) is 18.9. The van der Waals surface area contributed by atoms with Crippen molar-refractivity contribution in [1.82, 2.24) is 4.98 Å². The van der Waals surface area contributed by atoms with Gasteiger partial charge in [-0.25, -0.2) is 0 Å². The second-order valence-electron chi connectivity index (χ2n) is 9.00. The van der Waals surface area contributed by atoms with Crippen molar-refractivity contribution in [3.8, 4) is 34.4 Å². The maximum Gasteiger partial charge on any atom is 0.494 e. The van der Waals surface area contributed by atoms with Crippen LogP contribution in [0.3, 0.4) is 0 Å². The molecule has 0 amide bonds. The van der Waals surface area contributed by atoms with Gasteiger partial charge in [-0.05, 0) is 49.8 Å². The van der Waals surface area contributed by atoms with E-state index in [0.717, 1.165) is 16.6 Å². The van der Waals surface area contributed by atoms with Crippen LogP contribution in [0.15, 0.2) is 53.3 Å². The number of nitrogen functional groups attached to an aromatic ring is 1. The molecule has 3 N–H and O–H groups in total. The van der Waals surface area contributed by atoms with Crippen LogP contribution in [0.1, 0.15) is 38.8 Å². The van der Waals surface area contributed by atoms with E-state index in [4.69, 9.17) is 15.0 Å². The maximum absolute atomic E-state index is 12.2. The Hall–Kier alpha value is -3.85. The van der Waals surface area contributed by atoms with Gasteiger partial charge in [0.15, 0.2) is 0 Å². The summed E-state index contributed by atoms with van der Waals surface area (Å²) in [4.78, 5) is 14.5. The smallest absolute Gasteiger partial charge is 0.399 e. The molecule has 0 bridgehead atoms. The van der Waals surface area contributed by atoms with Crippen LogP contribution in [-0.4, -0.2) is 23.3 Å². The second kappa shape index (κ2) is 7.93. The molecule has 1 aliphatic heterocycles. The van der Waals surface area contributed by atoms with Gasteiger partial charge < -0.3 is 20.0 Å². The van der Waals surface area contributed by atoms with Crippen molar-refractivity contribution in [2.75, 3.05) is 5.73 Å². The zero-order valence-corrected chi connectivity index (χ0v) is 18.9. The molecule has 7 nitrogen and oxygen atoms in total. The molecule has 0 atom stereocenters. The van der Waals surface area contributed by atoms with Gasteiger partial charge in [0.1, 0.15) is 29.1 Å². The van der Waals surface area contributed by atoms with E-state index >= 15 is 0 Å². The number of rotatable bonds is 3. The number of nitrogens with one attached hydrogen (secondary N) is 1. The van der Waals surface area contributed by atoms with E-state index in [0.29, 0.717) is 5.56 Å². The molecule has 0 radical (unpaired) electrons. The van der Waals surface area contributed by atoms with Crippen LogP contribution >= 0.6 is 0 Å². The third-order valence-corrected chi connectivity index (χ3v) is 6.41. The third-order valence-electron chi connectivity index (χ3n) is 6.41. The van der Waals surface area contributed by atoms with E-state index in [1.165, 1.54) is 0 Å². The zero-order valence-electron chi connectivity index (χ0n) is 18.9. The summed E-state index contributed by atoms with van der Waals surface area (Å²) >= 11 is 0. The summed E-state index contributed by atoms with van der Waals surface area (Å²) in [5.74, 6) is -0.0566. The van der Waals surface area contributed by atoms with Gasteiger partial charge in [-0.3, -0.25) is 4.79 Å². The van der Waals surface area contributed by atoms with E-state index in [2.05, 4.69) is 4.98 Å². The fourth-order valence-electron chi connectivity index (χ4n) is 3.77. The summed E-state index contributed by atoms with van der Waals surface area (Å²) in [6, 6.07) is 19.1. The Morgan fingerprint density at radius 2 is 1.27 bits per heavy atom. The minimum absolute atomic E-state index is 0.0566. The Bertz CT molecular complexity index is 1350. The predicted molar refractivity (Wildman–Crippen MR) is 127 cm³/mol. The Morgan fingerprint density at radius 1 is 0.818 bits per heavy atom. The molecule has 2 heterocycles. The number of anilines is 1. The van der Waals surface area contributed by atoms with E-state index in [1.807, 2.05) is 76.2 Å². The van der Waals surface area contributed by atoms with Gasteiger partial charge in [-0.1, -0.05) is 48.5 Å². The largest absolute Gasteiger partial charge is 0.494 e. The number of aromatic amines is 1. The standard InChI is InChI=1S/C25H23BN4O3/c1-24(2)25(3,4)33-26(32-24)18-11-9-16(10-12-18)15-5-7-17(8-6-15)21-19(13-27)22(29)30-23(31)20(21)14-28/h5-12H,1-4H3,(H3,29,30,31). The molecule has 1 aliphatic rings. The number of hydrogen-bond acceptors (Lipinski definition) is 6. The number of pyridine rings is 1. The van der Waals surface area contributed by atoms with Crippen molar-refractivity contribution in [1.29, 1.82) is 10.5 Å². The minimum atomic E-state index is -0.619. The Kier molecular flexibility index (Phi) is 5.37. The van der Waals surface area contributed by atoms with Gasteiger partial charge in [0.2, 0.25) is 0 Å². The Labute approximate surface area is 192 Å². The average molecular weight is 438 g/mol. The lowest BCUT2D eigenvalue weighted by molar-refractivity contribution is 0.00578. The molecule has 0 saturated carbocycles. The highest BCUT2D eigenvalue weighted by Crippen LogP contribution is 2.36. The molecule has 3 aromatic rings. The molecule has 0 unspecified atom stereocenters. The highest BCUT2D eigenvalue weighted by molar-refractivity contribution is 6.62. The molecule has 4 rings (SSSR count). The van der Waals surface area contributed by atoms with Gasteiger partial charge in [0, 0.05) is 5.56 Å². The number of nitrogens with zero attached hydrogens (tertiary/aromatic N) is 2. The summed E-state index contributed by atoms with van der Waals surface area (Å²) in [5.41, 5.74) is 7.98. The first kappa shape index (κ1) is 22.4. The normalized spacial score (nSPS) is 16.2. The average Bonchev–Trinajstić information content (AvgIpc) is 3.00. The lowest BCUT2D eigenvalue weighted by atomic mass is 9.78. The predicted octanol–water partition coefficient (Wildman–Crippen LogP) is 3.33. The molecule has 1 fully saturated rings. The van der Waals surface area contributed by atoms with E-state index in [9.17, 15) is 15.3 Å². The first-order valence-electron chi connectivity index (χ1n) is 10.5. The van der Waals surface area contributed by atoms with E-state index < -0.39 is 23.9 Å². The van der Waals surface area contributed by atoms with E-state index in [-0.39, 0.29) is 22.5 Å². The maximum atomic E-state index is 12.2. The summed E-state index contributed by atoms with van der Waals surface area (Å²) in [6.45, 7) is 8.08. The van der Waals surface area contributed by atoms with Crippen LogP contribution in [0.5, 0.6) is 0 Å². The fraction of sp³-hybridized carbons (Fsp3) is 0.240. The SMILES string of the molecule is CC1(C)OB(c2ccc(-c3ccc(-c4c(C#N)c(N)[nH]c(=O)c4C#N)cc3)cc2)OC1(C)C. The summed E-state index contributed by atoms with van der Waals surface area (Å²) in [7, 11) is -0.429. The number of nitrogens with two attached hydrogens (primary N) is 1. The van der Waals surface area contributed by atoms with Crippen LogP contribution in [0.2, 0.25) is 0 Å². The van der Waals surface area contributed by atoms with Crippen LogP contribution in [0, 0.1) is 22.7 Å². The van der Waals surface area contributed by atoms with Crippen molar-refractivity contribution in [2.24, 2.45) is 0 Å². The van der Waals surface area contributed by atoms with Crippen molar-refractivity contribution < 1.29 is 9.31 Å². The lowest BCUT2D eigenvalue weighted by Crippen LogP contribution is -2.41. The van der Waals surface area contributed by atoms with Crippen molar-refractivity contribution in [3.05, 3.63) is 70.0 Å². The summed E-state index contributed by atoms with van der Waals surface area (Å²) < 4.78 is 12.2. The van der Waals surface area contributed by atoms with Crippen LogP contribution in [0.4, 0.5) is 5.82 Å². The highest BCUT2D eigenvalue weighted by Gasteiger charge is 2.51. The molecule has 0 spiro atoms. The molecule has 164 valence electrons. The number of H-pyrrole nitrogens is 1. The quantitative estimate of drug-likeness (QED) is 0.605. The number of aromatic nitrogens is 1. The number of nitriles is 2. The molecule has 1 aromatic heterocycles. The zero-order chi connectivity index (χ0) is 24.0. The lowest BCUT2D eigenvalue weighted by Gasteiger charge is -2.32. The van der Waals surface area contributed by atoms with Crippen LogP contribution in [-0.2, 0) is 9.31 Å². The molecule has 0 aliphatic carbocycles. The molecule has 2 aromatic carbocycles. The van der Waals surface area contributed by atoms with Gasteiger partial charge in [-0.15, -0.1) is 0 Å². The van der Waals surface area contributed by atoms with Crippen molar-refractivity contribution in [2.45, 2.75) is 38.9 Å². The number of hydrogen-bond donors (Lipinski definition) is 2. The fourth-order valence-corrected chi connectivity index (χ4v) is 3.77. The molecule has 8 heteroatoms.